The molecular weight excluding hydrogens is 1150 g/mol. The number of ether oxygens (including phenoxy) is 1. The zero-order valence-corrected chi connectivity index (χ0v) is 49.2. The lowest BCUT2D eigenvalue weighted by Crippen LogP contribution is -2.59. The number of para-hydroxylation sites is 1. The largest absolute Gasteiger partial charge is 0.445 e. The molecule has 0 saturated carbocycles. The van der Waals surface area contributed by atoms with Crippen LogP contribution in [0, 0.1) is 28.8 Å². The van der Waals surface area contributed by atoms with Crippen LogP contribution < -0.4 is 27.0 Å². The summed E-state index contributed by atoms with van der Waals surface area (Å²) in [5.74, 6) is -7.07. The summed E-state index contributed by atoms with van der Waals surface area (Å²) < 4.78 is 67.7. The highest BCUT2D eigenvalue weighted by Gasteiger charge is 2.42. The fraction of sp³-hybridized carbons (Fsp3) is 0.349. The van der Waals surface area contributed by atoms with Crippen LogP contribution in [-0.2, 0) is 53.1 Å². The van der Waals surface area contributed by atoms with Gasteiger partial charge in [-0.2, -0.15) is 0 Å². The van der Waals surface area contributed by atoms with Crippen LogP contribution in [-0.4, -0.2) is 132 Å². The van der Waals surface area contributed by atoms with E-state index in [0.29, 0.717) is 16.7 Å². The van der Waals surface area contributed by atoms with Crippen molar-refractivity contribution in [1.29, 1.82) is 0 Å². The van der Waals surface area contributed by atoms with Crippen molar-refractivity contribution in [2.45, 2.75) is 110 Å². The predicted molar refractivity (Wildman–Crippen MR) is 316 cm³/mol. The molecule has 0 radical (unpaired) electrons. The number of carbonyl (C=O) groups excluding carboxylic acids is 8. The van der Waals surface area contributed by atoms with Gasteiger partial charge in [-0.25, -0.2) is 32.1 Å². The van der Waals surface area contributed by atoms with Crippen molar-refractivity contribution in [1.82, 2.24) is 45.2 Å². The number of urea groups is 1. The Bertz CT molecular complexity index is 3650. The number of aliphatic hydroxyl groups excluding tert-OH is 1. The maximum absolute atomic E-state index is 16.2. The Balaban J connectivity index is 0.940. The molecule has 0 bridgehead atoms. The summed E-state index contributed by atoms with van der Waals surface area (Å²) in [7, 11) is 0. The Morgan fingerprint density at radius 3 is 2.25 bits per heavy atom. The van der Waals surface area contributed by atoms with Crippen LogP contribution in [0.15, 0.2) is 127 Å². The molecule has 4 heterocycles. The van der Waals surface area contributed by atoms with Crippen LogP contribution in [0.5, 0.6) is 0 Å². The number of nitrogens with one attached hydrogen (secondary N) is 5. The van der Waals surface area contributed by atoms with Gasteiger partial charge in [-0.1, -0.05) is 77.1 Å². The predicted octanol–water partition coefficient (Wildman–Crippen LogP) is 7.22. The number of hydrogen-bond donors (Lipinski definition) is 7. The number of fused-ring (bicyclic) bond motifs is 1. The molecule has 2 aromatic heterocycles. The number of carbonyl (C=O) groups is 8. The summed E-state index contributed by atoms with van der Waals surface area (Å²) in [6.45, 7) is 8.66. The number of amides is 9. The molecule has 6 atom stereocenters. The first-order valence-corrected chi connectivity index (χ1v) is 28.4. The number of nitrogens with zero attached hydrogens (tertiary/aromatic N) is 5. The van der Waals surface area contributed by atoms with E-state index in [1.165, 1.54) is 49.7 Å². The number of halogens is 4. The minimum Gasteiger partial charge on any atom is -0.445 e. The molecule has 4 aromatic carbocycles. The van der Waals surface area contributed by atoms with E-state index >= 15 is 8.78 Å². The number of aromatic amines is 1. The number of nitrogens with two attached hydrogens (primary N) is 1. The monoisotopic (exact) mass is 1220 g/mol. The van der Waals surface area contributed by atoms with Gasteiger partial charge in [0.25, 0.3) is 17.7 Å². The van der Waals surface area contributed by atoms with E-state index in [4.69, 9.17) is 15.5 Å². The molecule has 1 saturated heterocycles. The average molecular weight is 1220 g/mol. The summed E-state index contributed by atoms with van der Waals surface area (Å²) >= 11 is 0. The summed E-state index contributed by atoms with van der Waals surface area (Å²) in [6.07, 6.45) is 2.13. The van der Waals surface area contributed by atoms with Gasteiger partial charge < -0.3 is 56.2 Å². The van der Waals surface area contributed by atoms with E-state index in [-0.39, 0.29) is 73.8 Å². The Labute approximate surface area is 504 Å². The number of hydrogen-bond acceptors (Lipinski definition) is 11. The minimum absolute atomic E-state index is 0.0138. The Hall–Kier alpha value is -9.65. The summed E-state index contributed by atoms with van der Waals surface area (Å²) in [4.78, 5) is 118. The molecule has 8 rings (SSSR count). The van der Waals surface area contributed by atoms with Crippen LogP contribution >= 0.6 is 0 Å². The molecule has 9 amide bonds. The number of likely N-dealkylation sites (tertiary alicyclic amines) is 1. The number of anilines is 1. The fourth-order valence-electron chi connectivity index (χ4n) is 10.5. The molecule has 8 N–H and O–H groups in total. The molecule has 25 heteroatoms. The lowest BCUT2D eigenvalue weighted by molar-refractivity contribution is -0.146. The molecule has 464 valence electrons. The highest BCUT2D eigenvalue weighted by Crippen LogP contribution is 2.41. The second kappa shape index (κ2) is 27.8. The van der Waals surface area contributed by atoms with Crippen molar-refractivity contribution in [3.05, 3.63) is 167 Å². The van der Waals surface area contributed by atoms with E-state index < -0.39 is 119 Å². The first-order valence-electron chi connectivity index (χ1n) is 28.4. The summed E-state index contributed by atoms with van der Waals surface area (Å²) in [5.41, 5.74) is 6.58. The van der Waals surface area contributed by atoms with Crippen LogP contribution in [0.1, 0.15) is 82.9 Å². The van der Waals surface area contributed by atoms with Crippen molar-refractivity contribution in [3.8, 4) is 11.3 Å². The van der Waals surface area contributed by atoms with Crippen LogP contribution in [0.2, 0.25) is 0 Å². The summed E-state index contributed by atoms with van der Waals surface area (Å²) in [5, 5.41) is 22.2. The zero-order chi connectivity index (χ0) is 63.7. The van der Waals surface area contributed by atoms with Crippen molar-refractivity contribution in [2.24, 2.45) is 17.1 Å². The Morgan fingerprint density at radius 2 is 1.58 bits per heavy atom. The number of imide groups is 1. The van der Waals surface area contributed by atoms with Gasteiger partial charge in [0.15, 0.2) is 0 Å². The van der Waals surface area contributed by atoms with Crippen molar-refractivity contribution < 1.29 is 65.8 Å². The van der Waals surface area contributed by atoms with Crippen molar-refractivity contribution in [2.75, 3.05) is 25.0 Å². The van der Waals surface area contributed by atoms with Crippen LogP contribution in [0.3, 0.4) is 0 Å². The highest BCUT2D eigenvalue weighted by atomic mass is 19.1. The average Bonchev–Trinajstić information content (AvgIpc) is 1.86. The Morgan fingerprint density at radius 1 is 0.875 bits per heavy atom. The van der Waals surface area contributed by atoms with Gasteiger partial charge >= 0.3 is 12.1 Å². The number of aliphatic hydroxyl groups is 1. The van der Waals surface area contributed by atoms with Gasteiger partial charge in [-0.05, 0) is 96.3 Å². The van der Waals surface area contributed by atoms with Crippen LogP contribution in [0.25, 0.3) is 22.2 Å². The number of benzene rings is 4. The van der Waals surface area contributed by atoms with Gasteiger partial charge in [-0.3, -0.25) is 33.7 Å². The SMILES string of the molecule is CC(C)[C@H](NC(=O)[C@H](Cc1c[nH]c2ccccc12)N1C(=O)C=CC1=O)C(=O)N[C@@H](CCCNC(N)=O)C(=O)Nc1ccc(COC(=O)N2C/C(=C\N(C(=O)[C@H](C)O)[C@@H](c3nc(-c4cc(F)ccc4F)cn3Cc3cccc(F)c3)C(C)(C)C)[C@@H](F)C2)cc1. The zero-order valence-electron chi connectivity index (χ0n) is 49.2. The number of primary amides is 1. The molecular formula is C63H69F4N11O10. The third-order valence-electron chi connectivity index (χ3n) is 14.9. The molecule has 0 unspecified atom stereocenters. The lowest BCUT2D eigenvalue weighted by atomic mass is 9.84. The normalized spacial score (nSPS) is 16.4. The maximum Gasteiger partial charge on any atom is 0.410 e. The number of imidazole rings is 1. The van der Waals surface area contributed by atoms with Gasteiger partial charge in [-0.15, -0.1) is 0 Å². The van der Waals surface area contributed by atoms with Crippen molar-refractivity contribution in [3.63, 3.8) is 0 Å². The first-order chi connectivity index (χ1) is 41.8. The second-order valence-corrected chi connectivity index (χ2v) is 23.0. The number of H-pyrrole nitrogens is 1. The third kappa shape index (κ3) is 15.7. The second-order valence-electron chi connectivity index (χ2n) is 23.0. The third-order valence-corrected chi connectivity index (χ3v) is 14.9. The molecule has 6 aromatic rings. The van der Waals surface area contributed by atoms with Gasteiger partial charge in [0.05, 0.1) is 18.3 Å². The summed E-state index contributed by atoms with van der Waals surface area (Å²) in [6, 6.07) is 16.1. The quantitative estimate of drug-likeness (QED) is 0.0191. The standard InChI is InChI=1S/C63H69F4N11O10/c1-35(2)54(74-58(83)51(78-52(80)22-23-53(78)81)26-39-28-70-48-14-8-7-13-44(39)48)59(84)73-49(15-10-24-69-61(68)86)57(82)71-43-19-16-37(17-20-43)34-88-62(87)76-30-40(47(67)32-76)31-77(60(85)36(3)79)55(63(4,5)6)56-72-50(45-27-42(65)18-21-46(45)66)33-75(56)29-38-11-9-12-41(64)25-38/h7-9,11-14,16-23,25,27-28,31,33,35-36,47,49,51,54-55,70,79H,10,15,24,26,29-30,32,34H2,1-6H3,(H,71,82)(H,73,84)(H,74,83)(H3,68,69,86)/b40-31+/t36-,47-,49-,51-,54-,55-/m0/s1. The molecule has 21 nitrogen and oxygen atoms in total. The molecule has 1 fully saturated rings. The van der Waals surface area contributed by atoms with Gasteiger partial charge in [0.2, 0.25) is 17.7 Å². The van der Waals surface area contributed by atoms with E-state index in [9.17, 15) is 52.2 Å². The van der Waals surface area contributed by atoms with E-state index in [2.05, 4.69) is 26.3 Å². The van der Waals surface area contributed by atoms with E-state index in [1.807, 2.05) is 18.2 Å². The molecule has 2 aliphatic rings. The molecule has 0 spiro atoms. The smallest absolute Gasteiger partial charge is 0.410 e. The topological polar surface area (TPSA) is 283 Å². The van der Waals surface area contributed by atoms with E-state index in [1.54, 1.807) is 69.6 Å². The minimum atomic E-state index is -1.82. The fourth-order valence-corrected chi connectivity index (χ4v) is 10.5. The first kappa shape index (κ1) is 64.4. The van der Waals surface area contributed by atoms with Gasteiger partial charge in [0.1, 0.15) is 60.3 Å². The number of alkyl halides is 1. The lowest BCUT2D eigenvalue weighted by Gasteiger charge is -2.39. The van der Waals surface area contributed by atoms with Gasteiger partial charge in [0, 0.05) is 84.5 Å². The van der Waals surface area contributed by atoms with E-state index in [0.717, 1.165) is 56.0 Å². The Kier molecular flexibility index (Phi) is 20.3. The van der Waals surface area contributed by atoms with Crippen LogP contribution in [0.4, 0.5) is 32.8 Å². The molecule has 0 aliphatic carbocycles. The number of rotatable bonds is 23. The number of aromatic nitrogens is 3. The van der Waals surface area contributed by atoms with Crippen molar-refractivity contribution >= 4 is 64.2 Å². The molecule has 88 heavy (non-hydrogen) atoms. The maximum atomic E-state index is 16.2. The highest BCUT2D eigenvalue weighted by molar-refractivity contribution is 6.15. The molecule has 2 aliphatic heterocycles.